The molecule has 0 saturated heterocycles. The van der Waals surface area contributed by atoms with Crippen molar-refractivity contribution in [2.75, 3.05) is 23.8 Å². The predicted octanol–water partition coefficient (Wildman–Crippen LogP) is 5.34. The van der Waals surface area contributed by atoms with Crippen LogP contribution in [0.15, 0.2) is 42.5 Å². The maximum atomic E-state index is 15.0. The van der Waals surface area contributed by atoms with Crippen molar-refractivity contribution in [3.63, 3.8) is 0 Å². The second kappa shape index (κ2) is 9.22. The van der Waals surface area contributed by atoms with Crippen LogP contribution in [0.3, 0.4) is 0 Å². The number of amides is 1. The standard InChI is InChI=1S/C23H17F2IN2O5/c1-11-8-12(26)2-4-16(11)28-21-15(23(30)31)10-14(19(24)20(21)25)22(29)27-13-3-5-17-18(9-13)33-7-6-32-17/h2-5,8-10,28H,6-7H2,1H3,(H,27,29)(H,30,31). The molecule has 1 aliphatic heterocycles. The number of anilines is 3. The molecular weight excluding hydrogens is 549 g/mol. The molecule has 3 aromatic rings. The molecule has 3 aromatic carbocycles. The summed E-state index contributed by atoms with van der Waals surface area (Å²) in [5.74, 6) is -4.59. The molecule has 0 spiro atoms. The minimum Gasteiger partial charge on any atom is -0.486 e. The minimum absolute atomic E-state index is 0.248. The van der Waals surface area contributed by atoms with Gasteiger partial charge in [-0.3, -0.25) is 4.79 Å². The zero-order valence-corrected chi connectivity index (χ0v) is 19.3. The van der Waals surface area contributed by atoms with Gasteiger partial charge < -0.3 is 25.2 Å². The van der Waals surface area contributed by atoms with Gasteiger partial charge in [0.05, 0.1) is 16.8 Å². The number of benzene rings is 3. The van der Waals surface area contributed by atoms with Crippen LogP contribution in [0.2, 0.25) is 0 Å². The number of halogens is 3. The number of carboxylic acids is 1. The maximum Gasteiger partial charge on any atom is 0.337 e. The van der Waals surface area contributed by atoms with Crippen molar-refractivity contribution in [1.82, 2.24) is 0 Å². The number of carbonyl (C=O) groups is 2. The fourth-order valence-corrected chi connectivity index (χ4v) is 3.95. The highest BCUT2D eigenvalue weighted by Crippen LogP contribution is 2.34. The fraction of sp³-hybridized carbons (Fsp3) is 0.130. The van der Waals surface area contributed by atoms with Crippen molar-refractivity contribution in [2.45, 2.75) is 6.92 Å². The molecule has 1 heterocycles. The quantitative estimate of drug-likeness (QED) is 0.361. The monoisotopic (exact) mass is 566 g/mol. The number of fused-ring (bicyclic) bond motifs is 1. The van der Waals surface area contributed by atoms with Crippen molar-refractivity contribution >= 4 is 51.5 Å². The minimum atomic E-state index is -1.52. The number of aryl methyl sites for hydroxylation is 1. The highest BCUT2D eigenvalue weighted by Gasteiger charge is 2.26. The molecule has 170 valence electrons. The lowest BCUT2D eigenvalue weighted by atomic mass is 10.0. The van der Waals surface area contributed by atoms with Crippen LogP contribution in [0.1, 0.15) is 26.3 Å². The van der Waals surface area contributed by atoms with Crippen LogP contribution in [0.5, 0.6) is 11.5 Å². The van der Waals surface area contributed by atoms with Crippen LogP contribution in [-0.2, 0) is 0 Å². The van der Waals surface area contributed by atoms with Gasteiger partial charge in [0, 0.05) is 21.0 Å². The van der Waals surface area contributed by atoms with Crippen LogP contribution < -0.4 is 20.1 Å². The molecule has 0 bridgehead atoms. The summed E-state index contributed by atoms with van der Waals surface area (Å²) >= 11 is 2.10. The predicted molar refractivity (Wildman–Crippen MR) is 126 cm³/mol. The van der Waals surface area contributed by atoms with E-state index in [-0.39, 0.29) is 5.69 Å². The van der Waals surface area contributed by atoms with E-state index in [1.54, 1.807) is 31.2 Å². The molecule has 7 nitrogen and oxygen atoms in total. The molecule has 0 unspecified atom stereocenters. The largest absolute Gasteiger partial charge is 0.486 e. The zero-order valence-electron chi connectivity index (χ0n) is 17.2. The number of aromatic carboxylic acids is 1. The molecule has 0 aliphatic carbocycles. The molecule has 0 atom stereocenters. The second-order valence-electron chi connectivity index (χ2n) is 7.18. The van der Waals surface area contributed by atoms with E-state index in [9.17, 15) is 23.5 Å². The zero-order chi connectivity index (χ0) is 23.7. The number of nitrogens with one attached hydrogen (secondary N) is 2. The Kier molecular flexibility index (Phi) is 6.36. The van der Waals surface area contributed by atoms with Gasteiger partial charge in [0.15, 0.2) is 23.1 Å². The van der Waals surface area contributed by atoms with Crippen molar-refractivity contribution in [2.24, 2.45) is 0 Å². The first kappa shape index (κ1) is 22.8. The summed E-state index contributed by atoms with van der Waals surface area (Å²) in [6, 6.07) is 10.5. The highest BCUT2D eigenvalue weighted by atomic mass is 127. The van der Waals surface area contributed by atoms with Crippen LogP contribution in [-0.4, -0.2) is 30.2 Å². The third-order valence-corrected chi connectivity index (χ3v) is 5.60. The lowest BCUT2D eigenvalue weighted by Crippen LogP contribution is -2.19. The Morgan fingerprint density at radius 3 is 2.39 bits per heavy atom. The molecule has 0 saturated carbocycles. The van der Waals surface area contributed by atoms with E-state index < -0.39 is 40.3 Å². The SMILES string of the molecule is Cc1cc(I)ccc1Nc1c(C(=O)O)cc(C(=O)Nc2ccc3c(c2)OCCO3)c(F)c1F. The Bertz CT molecular complexity index is 1280. The molecular formula is C23H17F2IN2O5. The van der Waals surface area contributed by atoms with E-state index in [1.165, 1.54) is 12.1 Å². The average molecular weight is 566 g/mol. The first-order valence-corrected chi connectivity index (χ1v) is 10.8. The summed E-state index contributed by atoms with van der Waals surface area (Å²) in [7, 11) is 0. The number of carboxylic acid groups (broad SMARTS) is 1. The van der Waals surface area contributed by atoms with Crippen molar-refractivity contribution < 1.29 is 33.0 Å². The Labute approximate surface area is 200 Å². The van der Waals surface area contributed by atoms with E-state index in [1.807, 2.05) is 0 Å². The Morgan fingerprint density at radius 2 is 1.70 bits per heavy atom. The van der Waals surface area contributed by atoms with Gasteiger partial charge in [-0.2, -0.15) is 0 Å². The third kappa shape index (κ3) is 4.70. The van der Waals surface area contributed by atoms with Crippen molar-refractivity contribution in [3.05, 3.63) is 74.4 Å². The van der Waals surface area contributed by atoms with Gasteiger partial charge in [0.2, 0.25) is 0 Å². The van der Waals surface area contributed by atoms with Gasteiger partial charge in [-0.1, -0.05) is 0 Å². The van der Waals surface area contributed by atoms with Crippen molar-refractivity contribution in [1.29, 1.82) is 0 Å². The average Bonchev–Trinajstić information content (AvgIpc) is 2.78. The highest BCUT2D eigenvalue weighted by molar-refractivity contribution is 14.1. The summed E-state index contributed by atoms with van der Waals surface area (Å²) in [5, 5.41) is 14.7. The van der Waals surface area contributed by atoms with Gasteiger partial charge in [0.1, 0.15) is 13.2 Å². The summed E-state index contributed by atoms with van der Waals surface area (Å²) in [5.41, 5.74) is -0.537. The van der Waals surface area contributed by atoms with Crippen LogP contribution in [0.4, 0.5) is 25.8 Å². The summed E-state index contributed by atoms with van der Waals surface area (Å²) in [6.45, 7) is 2.47. The molecule has 4 rings (SSSR count). The van der Waals surface area contributed by atoms with Gasteiger partial charge in [-0.15, -0.1) is 0 Å². The van der Waals surface area contributed by atoms with E-state index in [4.69, 9.17) is 9.47 Å². The van der Waals surface area contributed by atoms with Gasteiger partial charge in [0.25, 0.3) is 5.91 Å². The lowest BCUT2D eigenvalue weighted by Gasteiger charge is -2.19. The van der Waals surface area contributed by atoms with E-state index in [0.29, 0.717) is 36.0 Å². The second-order valence-corrected chi connectivity index (χ2v) is 8.42. The fourth-order valence-electron chi connectivity index (χ4n) is 3.30. The smallest absolute Gasteiger partial charge is 0.337 e. The van der Waals surface area contributed by atoms with E-state index in [0.717, 1.165) is 9.64 Å². The van der Waals surface area contributed by atoms with Crippen molar-refractivity contribution in [3.8, 4) is 11.5 Å². The molecule has 0 radical (unpaired) electrons. The number of ether oxygens (including phenoxy) is 2. The summed E-state index contributed by atoms with van der Waals surface area (Å²) < 4.78 is 41.6. The van der Waals surface area contributed by atoms with E-state index >= 15 is 0 Å². The van der Waals surface area contributed by atoms with Crippen LogP contribution >= 0.6 is 22.6 Å². The van der Waals surface area contributed by atoms with Crippen LogP contribution in [0, 0.1) is 22.1 Å². The van der Waals surface area contributed by atoms with Crippen LogP contribution in [0.25, 0.3) is 0 Å². The molecule has 33 heavy (non-hydrogen) atoms. The summed E-state index contributed by atoms with van der Waals surface area (Å²) in [4.78, 5) is 24.5. The first-order chi connectivity index (χ1) is 15.7. The number of carbonyl (C=O) groups excluding carboxylic acids is 1. The molecule has 0 aromatic heterocycles. The first-order valence-electron chi connectivity index (χ1n) is 9.74. The van der Waals surface area contributed by atoms with Gasteiger partial charge >= 0.3 is 5.97 Å². The lowest BCUT2D eigenvalue weighted by molar-refractivity contribution is 0.0697. The van der Waals surface area contributed by atoms with Gasteiger partial charge in [-0.25, -0.2) is 13.6 Å². The summed E-state index contributed by atoms with van der Waals surface area (Å²) in [6.07, 6.45) is 0. The maximum absolute atomic E-state index is 15.0. The number of hydrogen-bond acceptors (Lipinski definition) is 5. The molecule has 1 aliphatic rings. The Hall–Kier alpha value is -3.41. The molecule has 3 N–H and O–H groups in total. The molecule has 10 heteroatoms. The number of rotatable bonds is 5. The molecule has 0 fully saturated rings. The Balaban J connectivity index is 1.68. The Morgan fingerprint density at radius 1 is 0.970 bits per heavy atom. The normalized spacial score (nSPS) is 12.2. The van der Waals surface area contributed by atoms with E-state index in [2.05, 4.69) is 33.2 Å². The number of hydrogen-bond donors (Lipinski definition) is 3. The van der Waals surface area contributed by atoms with Gasteiger partial charge in [-0.05, 0) is 71.5 Å². The topological polar surface area (TPSA) is 96.9 Å². The molecule has 1 amide bonds. The third-order valence-electron chi connectivity index (χ3n) is 4.93.